The van der Waals surface area contributed by atoms with Gasteiger partial charge in [0.05, 0.1) is 5.69 Å². The molecule has 0 bridgehead atoms. The third-order valence-electron chi connectivity index (χ3n) is 2.29. The molecule has 2 aromatic heterocycles. The first kappa shape index (κ1) is 13.6. The van der Waals surface area contributed by atoms with Gasteiger partial charge < -0.3 is 11.1 Å². The predicted molar refractivity (Wildman–Crippen MR) is 72.1 cm³/mol. The molecule has 0 atom stereocenters. The maximum absolute atomic E-state index is 12.6. The Hall–Kier alpha value is -1.86. The highest BCUT2D eigenvalue weighted by atomic mass is 32.1. The zero-order chi connectivity index (χ0) is 13.8. The summed E-state index contributed by atoms with van der Waals surface area (Å²) in [6.45, 7) is 4.00. The molecule has 3 N–H and O–H groups in total. The van der Waals surface area contributed by atoms with Crippen LogP contribution < -0.4 is 11.1 Å². The summed E-state index contributed by atoms with van der Waals surface area (Å²) in [6.07, 6.45) is -2.59. The number of aromatic nitrogens is 2. The topological polar surface area (TPSA) is 63.8 Å². The van der Waals surface area contributed by atoms with Gasteiger partial charge in [-0.3, -0.25) is 0 Å². The van der Waals surface area contributed by atoms with Crippen LogP contribution in [0.25, 0.3) is 11.4 Å². The number of hydrogen-bond acceptors (Lipinski definition) is 5. The van der Waals surface area contributed by atoms with Crippen molar-refractivity contribution in [1.29, 1.82) is 0 Å². The Balaban J connectivity index is 2.22. The van der Waals surface area contributed by atoms with Crippen LogP contribution >= 0.6 is 11.3 Å². The standard InChI is InChI=1S/C12H12F2N4S/c1-7(5-15)16-12-18-10(6-19-12)8-3-2-4-9(17-8)11(13)14/h2-4,6,11H,1,5,15H2,(H,16,18). The molecule has 0 aromatic carbocycles. The summed E-state index contributed by atoms with van der Waals surface area (Å²) in [4.78, 5) is 8.13. The zero-order valence-corrected chi connectivity index (χ0v) is 10.8. The zero-order valence-electron chi connectivity index (χ0n) is 9.94. The lowest BCUT2D eigenvalue weighted by Crippen LogP contribution is -2.09. The average Bonchev–Trinajstić information content (AvgIpc) is 2.87. The molecule has 0 aliphatic rings. The lowest BCUT2D eigenvalue weighted by atomic mass is 10.2. The van der Waals surface area contributed by atoms with E-state index in [4.69, 9.17) is 5.73 Å². The van der Waals surface area contributed by atoms with Gasteiger partial charge in [0.15, 0.2) is 5.13 Å². The fourth-order valence-corrected chi connectivity index (χ4v) is 2.12. The third-order valence-corrected chi connectivity index (χ3v) is 3.05. The number of halogens is 2. The Morgan fingerprint density at radius 2 is 2.16 bits per heavy atom. The van der Waals surface area contributed by atoms with Crippen LogP contribution in [0.1, 0.15) is 12.1 Å². The van der Waals surface area contributed by atoms with Crippen molar-refractivity contribution in [3.8, 4) is 11.4 Å². The van der Waals surface area contributed by atoms with Gasteiger partial charge in [-0.05, 0) is 12.1 Å². The van der Waals surface area contributed by atoms with Gasteiger partial charge in [-0.25, -0.2) is 18.7 Å². The monoisotopic (exact) mass is 282 g/mol. The van der Waals surface area contributed by atoms with Crippen LogP contribution in [0.15, 0.2) is 35.9 Å². The van der Waals surface area contributed by atoms with Crippen LogP contribution in [-0.2, 0) is 0 Å². The van der Waals surface area contributed by atoms with Crippen molar-refractivity contribution < 1.29 is 8.78 Å². The fourth-order valence-electron chi connectivity index (χ4n) is 1.37. The van der Waals surface area contributed by atoms with E-state index in [1.165, 1.54) is 23.5 Å². The normalized spacial score (nSPS) is 10.7. The summed E-state index contributed by atoms with van der Waals surface area (Å²) in [5, 5.41) is 5.28. The molecule has 0 aliphatic heterocycles. The largest absolute Gasteiger partial charge is 0.334 e. The molecule has 2 aromatic rings. The molecule has 7 heteroatoms. The molecule has 2 heterocycles. The van der Waals surface area contributed by atoms with E-state index < -0.39 is 6.43 Å². The molecule has 0 radical (unpaired) electrons. The van der Waals surface area contributed by atoms with Gasteiger partial charge in [-0.15, -0.1) is 11.3 Å². The molecule has 0 aliphatic carbocycles. The van der Waals surface area contributed by atoms with E-state index in [0.717, 1.165) is 0 Å². The van der Waals surface area contributed by atoms with Crippen molar-refractivity contribution in [3.05, 3.63) is 41.5 Å². The Kier molecular flexibility index (Phi) is 4.18. The minimum atomic E-state index is -2.59. The second-order valence-corrected chi connectivity index (χ2v) is 4.58. The van der Waals surface area contributed by atoms with Gasteiger partial charge in [0.2, 0.25) is 0 Å². The predicted octanol–water partition coefficient (Wildman–Crippen LogP) is 3.03. The van der Waals surface area contributed by atoms with Crippen LogP contribution in [0.5, 0.6) is 0 Å². The van der Waals surface area contributed by atoms with Gasteiger partial charge in [0, 0.05) is 17.6 Å². The van der Waals surface area contributed by atoms with Crippen molar-refractivity contribution in [2.24, 2.45) is 5.73 Å². The van der Waals surface area contributed by atoms with Gasteiger partial charge in [-0.1, -0.05) is 12.6 Å². The van der Waals surface area contributed by atoms with E-state index in [9.17, 15) is 8.78 Å². The smallest absolute Gasteiger partial charge is 0.280 e. The highest BCUT2D eigenvalue weighted by Gasteiger charge is 2.11. The fraction of sp³-hybridized carbons (Fsp3) is 0.167. The number of pyridine rings is 1. The maximum atomic E-state index is 12.6. The summed E-state index contributed by atoms with van der Waals surface area (Å²) in [5.41, 5.74) is 6.75. The lowest BCUT2D eigenvalue weighted by Gasteiger charge is -2.02. The molecule has 0 unspecified atom stereocenters. The summed E-state index contributed by atoms with van der Waals surface area (Å²) < 4.78 is 25.1. The van der Waals surface area contributed by atoms with Crippen molar-refractivity contribution in [3.63, 3.8) is 0 Å². The quantitative estimate of drug-likeness (QED) is 0.884. The van der Waals surface area contributed by atoms with E-state index >= 15 is 0 Å². The van der Waals surface area contributed by atoms with Crippen molar-refractivity contribution in [2.75, 3.05) is 11.9 Å². The van der Waals surface area contributed by atoms with Gasteiger partial charge in [0.25, 0.3) is 6.43 Å². The van der Waals surface area contributed by atoms with Gasteiger partial charge in [-0.2, -0.15) is 0 Å². The minimum absolute atomic E-state index is 0.258. The second kappa shape index (κ2) is 5.85. The number of nitrogens with one attached hydrogen (secondary N) is 1. The molecule has 0 fully saturated rings. The van der Waals surface area contributed by atoms with E-state index in [-0.39, 0.29) is 5.69 Å². The van der Waals surface area contributed by atoms with Crippen LogP contribution in [0.3, 0.4) is 0 Å². The summed E-state index contributed by atoms with van der Waals surface area (Å²) in [5.74, 6) is 0. The van der Waals surface area contributed by atoms with Crippen LogP contribution in [0, 0.1) is 0 Å². The Morgan fingerprint density at radius 1 is 1.37 bits per heavy atom. The highest BCUT2D eigenvalue weighted by molar-refractivity contribution is 7.14. The lowest BCUT2D eigenvalue weighted by molar-refractivity contribution is 0.146. The van der Waals surface area contributed by atoms with Crippen molar-refractivity contribution in [2.45, 2.75) is 6.43 Å². The van der Waals surface area contributed by atoms with E-state index in [0.29, 0.717) is 28.8 Å². The first-order valence-corrected chi connectivity index (χ1v) is 6.34. The molecule has 19 heavy (non-hydrogen) atoms. The molecule has 0 saturated carbocycles. The highest BCUT2D eigenvalue weighted by Crippen LogP contribution is 2.26. The van der Waals surface area contributed by atoms with E-state index in [2.05, 4.69) is 21.9 Å². The van der Waals surface area contributed by atoms with Crippen molar-refractivity contribution in [1.82, 2.24) is 9.97 Å². The number of rotatable bonds is 5. The van der Waals surface area contributed by atoms with Gasteiger partial charge >= 0.3 is 0 Å². The second-order valence-electron chi connectivity index (χ2n) is 3.72. The number of alkyl halides is 2. The van der Waals surface area contributed by atoms with Crippen LogP contribution in [0.4, 0.5) is 13.9 Å². The van der Waals surface area contributed by atoms with E-state index in [1.54, 1.807) is 11.4 Å². The molecular formula is C12H12F2N4S. The van der Waals surface area contributed by atoms with Crippen LogP contribution in [0.2, 0.25) is 0 Å². The number of anilines is 1. The summed E-state index contributed by atoms with van der Waals surface area (Å²) in [6, 6.07) is 4.47. The average molecular weight is 282 g/mol. The van der Waals surface area contributed by atoms with E-state index in [1.807, 2.05) is 0 Å². The van der Waals surface area contributed by atoms with Crippen molar-refractivity contribution >= 4 is 16.5 Å². The first-order valence-electron chi connectivity index (χ1n) is 5.46. The maximum Gasteiger partial charge on any atom is 0.280 e. The molecular weight excluding hydrogens is 270 g/mol. The first-order chi connectivity index (χ1) is 9.10. The summed E-state index contributed by atoms with van der Waals surface area (Å²) >= 11 is 1.34. The summed E-state index contributed by atoms with van der Waals surface area (Å²) in [7, 11) is 0. The Labute approximate surface area is 113 Å². The molecule has 4 nitrogen and oxygen atoms in total. The third kappa shape index (κ3) is 3.33. The Bertz CT molecular complexity index is 583. The number of hydrogen-bond donors (Lipinski definition) is 2. The molecule has 0 amide bonds. The number of nitrogens with zero attached hydrogens (tertiary/aromatic N) is 2. The molecule has 100 valence electrons. The number of nitrogens with two attached hydrogens (primary N) is 1. The molecule has 0 spiro atoms. The Morgan fingerprint density at radius 3 is 2.84 bits per heavy atom. The van der Waals surface area contributed by atoms with Gasteiger partial charge in [0.1, 0.15) is 11.4 Å². The molecule has 2 rings (SSSR count). The SMILES string of the molecule is C=C(CN)Nc1nc(-c2cccc(C(F)F)n2)cs1. The van der Waals surface area contributed by atoms with Crippen LogP contribution in [-0.4, -0.2) is 16.5 Å². The minimum Gasteiger partial charge on any atom is -0.334 e. The number of thiazole rings is 1. The molecule has 0 saturated heterocycles.